The van der Waals surface area contributed by atoms with E-state index in [-0.39, 0.29) is 6.61 Å². The number of carbonyl (C=O) groups is 1. The number of thiocarbonyl (C=S) groups is 1. The van der Waals surface area contributed by atoms with E-state index in [1.165, 1.54) is 11.8 Å². The van der Waals surface area contributed by atoms with Crippen molar-refractivity contribution in [2.24, 2.45) is 0 Å². The molecule has 4 heteroatoms. The number of rotatable bonds is 3. The van der Waals surface area contributed by atoms with Crippen LogP contribution in [0.15, 0.2) is 30.3 Å². The quantitative estimate of drug-likeness (QED) is 0.599. The number of esters is 1. The molecule has 15 heavy (non-hydrogen) atoms. The zero-order chi connectivity index (χ0) is 11.1. The molecule has 1 aromatic rings. The second-order valence-electron chi connectivity index (χ2n) is 2.78. The second kappa shape index (κ2) is 6.58. The summed E-state index contributed by atoms with van der Waals surface area (Å²) in [5.41, 5.74) is 0.968. The fourth-order valence-corrected chi connectivity index (χ4v) is 1.82. The Morgan fingerprint density at radius 2 is 2.07 bits per heavy atom. The largest absolute Gasteiger partial charge is 0.456 e. The van der Waals surface area contributed by atoms with E-state index in [1.807, 2.05) is 37.3 Å². The fraction of sp³-hybridized carbons (Fsp3) is 0.273. The summed E-state index contributed by atoms with van der Waals surface area (Å²) in [5, 5.41) is 0. The summed E-state index contributed by atoms with van der Waals surface area (Å²) in [6.45, 7) is 2.23. The molecular formula is C11H12O2S2. The van der Waals surface area contributed by atoms with Crippen molar-refractivity contribution in [2.75, 3.05) is 5.75 Å². The maximum atomic E-state index is 11.3. The molecule has 0 aromatic heterocycles. The molecule has 0 N–H and O–H groups in total. The van der Waals surface area contributed by atoms with Gasteiger partial charge in [0.05, 0.1) is 0 Å². The summed E-state index contributed by atoms with van der Waals surface area (Å²) in [5.74, 6) is 0.389. The van der Waals surface area contributed by atoms with Crippen molar-refractivity contribution in [1.82, 2.24) is 0 Å². The Morgan fingerprint density at radius 3 is 2.67 bits per heavy atom. The first-order chi connectivity index (χ1) is 7.24. The third-order valence-electron chi connectivity index (χ3n) is 1.65. The molecule has 0 atom stereocenters. The van der Waals surface area contributed by atoms with Gasteiger partial charge in [0.2, 0.25) is 0 Å². The van der Waals surface area contributed by atoms with E-state index < -0.39 is 5.97 Å². The third-order valence-corrected chi connectivity index (χ3v) is 2.89. The minimum Gasteiger partial charge on any atom is -0.456 e. The van der Waals surface area contributed by atoms with Crippen LogP contribution in [0.2, 0.25) is 0 Å². The van der Waals surface area contributed by atoms with Crippen molar-refractivity contribution in [3.63, 3.8) is 0 Å². The van der Waals surface area contributed by atoms with Crippen LogP contribution in [-0.2, 0) is 16.1 Å². The summed E-state index contributed by atoms with van der Waals surface area (Å²) in [6, 6.07) is 9.54. The topological polar surface area (TPSA) is 26.3 Å². The van der Waals surface area contributed by atoms with Gasteiger partial charge in [-0.05, 0) is 11.3 Å². The monoisotopic (exact) mass is 240 g/mol. The molecule has 2 nitrogen and oxygen atoms in total. The van der Waals surface area contributed by atoms with Crippen LogP contribution in [0, 0.1) is 0 Å². The Hall–Kier alpha value is -0.870. The number of thioether (sulfide) groups is 1. The highest BCUT2D eigenvalue weighted by Crippen LogP contribution is 2.07. The predicted octanol–water partition coefficient (Wildman–Crippen LogP) is 2.81. The van der Waals surface area contributed by atoms with E-state index >= 15 is 0 Å². The van der Waals surface area contributed by atoms with Gasteiger partial charge in [0.15, 0.2) is 4.20 Å². The molecule has 0 radical (unpaired) electrons. The van der Waals surface area contributed by atoms with E-state index in [0.29, 0.717) is 4.20 Å². The maximum Gasteiger partial charge on any atom is 0.356 e. The molecule has 0 heterocycles. The smallest absolute Gasteiger partial charge is 0.356 e. The molecule has 0 aliphatic heterocycles. The molecule has 0 bridgehead atoms. The van der Waals surface area contributed by atoms with Crippen LogP contribution in [0.1, 0.15) is 12.5 Å². The van der Waals surface area contributed by atoms with Crippen LogP contribution in [-0.4, -0.2) is 15.9 Å². The molecule has 1 rings (SSSR count). The summed E-state index contributed by atoms with van der Waals surface area (Å²) >= 11 is 6.21. The van der Waals surface area contributed by atoms with Gasteiger partial charge in [-0.3, -0.25) is 0 Å². The lowest BCUT2D eigenvalue weighted by Gasteiger charge is -2.04. The van der Waals surface area contributed by atoms with Crippen LogP contribution in [0.3, 0.4) is 0 Å². The van der Waals surface area contributed by atoms with Gasteiger partial charge in [-0.1, -0.05) is 49.5 Å². The highest BCUT2D eigenvalue weighted by Gasteiger charge is 2.09. The van der Waals surface area contributed by atoms with Crippen molar-refractivity contribution in [2.45, 2.75) is 13.5 Å². The van der Waals surface area contributed by atoms with E-state index in [9.17, 15) is 4.79 Å². The lowest BCUT2D eigenvalue weighted by molar-refractivity contribution is -0.136. The second-order valence-corrected chi connectivity index (χ2v) is 4.72. The van der Waals surface area contributed by atoms with E-state index in [2.05, 4.69) is 0 Å². The molecule has 0 spiro atoms. The summed E-state index contributed by atoms with van der Waals surface area (Å²) in [7, 11) is 0. The Labute approximate surface area is 99.0 Å². The number of carbonyl (C=O) groups excluding carboxylic acids is 1. The van der Waals surface area contributed by atoms with E-state index in [1.54, 1.807) is 0 Å². The number of hydrogen-bond acceptors (Lipinski definition) is 4. The molecular weight excluding hydrogens is 228 g/mol. The summed E-state index contributed by atoms with van der Waals surface area (Å²) in [6.07, 6.45) is 0. The molecule has 0 aliphatic carbocycles. The zero-order valence-corrected chi connectivity index (χ0v) is 10.1. The Balaban J connectivity index is 2.38. The molecule has 0 amide bonds. The molecule has 1 aromatic carbocycles. The van der Waals surface area contributed by atoms with Crippen LogP contribution >= 0.6 is 24.0 Å². The van der Waals surface area contributed by atoms with Crippen LogP contribution in [0.25, 0.3) is 0 Å². The summed E-state index contributed by atoms with van der Waals surface area (Å²) < 4.78 is 5.34. The van der Waals surface area contributed by atoms with Gasteiger partial charge < -0.3 is 4.74 Å². The van der Waals surface area contributed by atoms with Crippen LogP contribution < -0.4 is 0 Å². The highest BCUT2D eigenvalue weighted by atomic mass is 32.2. The highest BCUT2D eigenvalue weighted by molar-refractivity contribution is 8.25. The SMILES string of the molecule is CCSC(=S)C(=O)OCc1ccccc1. The van der Waals surface area contributed by atoms with Gasteiger partial charge in [0.25, 0.3) is 0 Å². The average Bonchev–Trinajstić information content (AvgIpc) is 2.27. The van der Waals surface area contributed by atoms with Gasteiger partial charge in [-0.2, -0.15) is 0 Å². The van der Waals surface area contributed by atoms with Crippen molar-refractivity contribution < 1.29 is 9.53 Å². The molecule has 0 unspecified atom stereocenters. The molecule has 80 valence electrons. The minimum atomic E-state index is -0.402. The summed E-state index contributed by atoms with van der Waals surface area (Å²) in [4.78, 5) is 11.3. The predicted molar refractivity (Wildman–Crippen MR) is 67.0 cm³/mol. The molecule has 0 saturated heterocycles. The first-order valence-electron chi connectivity index (χ1n) is 4.62. The Kier molecular flexibility index (Phi) is 5.36. The van der Waals surface area contributed by atoms with Crippen molar-refractivity contribution >= 4 is 34.1 Å². The van der Waals surface area contributed by atoms with Gasteiger partial charge in [-0.25, -0.2) is 4.79 Å². The lowest BCUT2D eigenvalue weighted by Crippen LogP contribution is -2.12. The standard InChI is InChI=1S/C11H12O2S2/c1-2-15-11(14)10(12)13-8-9-6-4-3-5-7-9/h3-7H,2,8H2,1H3. The fourth-order valence-electron chi connectivity index (χ4n) is 0.972. The van der Waals surface area contributed by atoms with Gasteiger partial charge in [0.1, 0.15) is 6.61 Å². The molecule has 0 aliphatic rings. The van der Waals surface area contributed by atoms with Crippen LogP contribution in [0.4, 0.5) is 0 Å². The van der Waals surface area contributed by atoms with E-state index in [4.69, 9.17) is 17.0 Å². The average molecular weight is 240 g/mol. The molecule has 0 saturated carbocycles. The Bertz CT molecular complexity index is 336. The number of hydrogen-bond donors (Lipinski definition) is 0. The van der Waals surface area contributed by atoms with Gasteiger partial charge in [0, 0.05) is 0 Å². The number of ether oxygens (including phenoxy) is 1. The number of benzene rings is 1. The van der Waals surface area contributed by atoms with Gasteiger partial charge >= 0.3 is 5.97 Å². The van der Waals surface area contributed by atoms with Crippen molar-refractivity contribution in [3.8, 4) is 0 Å². The molecule has 0 fully saturated rings. The van der Waals surface area contributed by atoms with Gasteiger partial charge in [-0.15, -0.1) is 11.8 Å². The lowest BCUT2D eigenvalue weighted by atomic mass is 10.2. The maximum absolute atomic E-state index is 11.3. The minimum absolute atomic E-state index is 0.282. The van der Waals surface area contributed by atoms with Crippen molar-refractivity contribution in [1.29, 1.82) is 0 Å². The normalized spacial score (nSPS) is 9.67. The first kappa shape index (κ1) is 12.2. The van der Waals surface area contributed by atoms with Crippen molar-refractivity contribution in [3.05, 3.63) is 35.9 Å². The zero-order valence-electron chi connectivity index (χ0n) is 8.43. The third kappa shape index (κ3) is 4.44. The first-order valence-corrected chi connectivity index (χ1v) is 6.01. The Morgan fingerprint density at radius 1 is 1.40 bits per heavy atom. The van der Waals surface area contributed by atoms with E-state index in [0.717, 1.165) is 11.3 Å². The van der Waals surface area contributed by atoms with Crippen LogP contribution in [0.5, 0.6) is 0 Å².